The lowest BCUT2D eigenvalue weighted by molar-refractivity contribution is -0.140. The van der Waals surface area contributed by atoms with Crippen LogP contribution in [0.5, 0.6) is 0 Å². The van der Waals surface area contributed by atoms with E-state index in [1.807, 2.05) is 0 Å². The first kappa shape index (κ1) is 13.9. The molecule has 0 saturated heterocycles. The molecule has 0 aliphatic rings. The molecule has 0 radical (unpaired) electrons. The molecule has 0 aliphatic heterocycles. The predicted molar refractivity (Wildman–Crippen MR) is 57.6 cm³/mol. The molecule has 0 atom stereocenters. The first-order chi connectivity index (χ1) is 9.36. The summed E-state index contributed by atoms with van der Waals surface area (Å²) in [4.78, 5) is 0. The minimum Gasteiger partial charge on any atom is -0.410 e. The van der Waals surface area contributed by atoms with Crippen LogP contribution in [0.1, 0.15) is 17.0 Å². The lowest BCUT2D eigenvalue weighted by atomic mass is 10.0. The van der Waals surface area contributed by atoms with Gasteiger partial charge in [-0.25, -0.2) is 9.07 Å². The zero-order valence-corrected chi connectivity index (χ0v) is 9.93. The van der Waals surface area contributed by atoms with Crippen LogP contribution in [0, 0.1) is 5.82 Å². The molecule has 0 spiro atoms. The third-order valence-corrected chi connectivity index (χ3v) is 2.49. The standard InChI is InChI=1S/C10H7F4N5O/c1-19-9(15-17-18-19)8(16-20)5-3-2-4-6(7(5)11)10(12,13)14/h2-4,20H,1H3. The largest absolute Gasteiger partial charge is 0.419 e. The first-order valence-electron chi connectivity index (χ1n) is 5.17. The summed E-state index contributed by atoms with van der Waals surface area (Å²) in [6.45, 7) is 0. The van der Waals surface area contributed by atoms with Crippen molar-refractivity contribution in [3.05, 3.63) is 41.0 Å². The number of alkyl halides is 3. The fourth-order valence-electron chi connectivity index (χ4n) is 1.58. The van der Waals surface area contributed by atoms with Crippen LogP contribution in [0.4, 0.5) is 17.6 Å². The van der Waals surface area contributed by atoms with E-state index in [4.69, 9.17) is 5.21 Å². The van der Waals surface area contributed by atoms with Gasteiger partial charge in [0, 0.05) is 12.6 Å². The van der Waals surface area contributed by atoms with Gasteiger partial charge >= 0.3 is 6.18 Å². The molecule has 1 aromatic carbocycles. The maximum Gasteiger partial charge on any atom is 0.419 e. The van der Waals surface area contributed by atoms with Gasteiger partial charge in [-0.2, -0.15) is 13.2 Å². The second kappa shape index (κ2) is 4.87. The van der Waals surface area contributed by atoms with Gasteiger partial charge in [0.1, 0.15) is 5.82 Å². The number of aromatic nitrogens is 4. The summed E-state index contributed by atoms with van der Waals surface area (Å²) in [5.41, 5.74) is -2.52. The van der Waals surface area contributed by atoms with Gasteiger partial charge in [-0.05, 0) is 22.6 Å². The molecule has 0 fully saturated rings. The molecule has 106 valence electrons. The van der Waals surface area contributed by atoms with E-state index in [1.165, 1.54) is 7.05 Å². The fourth-order valence-corrected chi connectivity index (χ4v) is 1.58. The van der Waals surface area contributed by atoms with Crippen molar-refractivity contribution in [2.75, 3.05) is 0 Å². The van der Waals surface area contributed by atoms with Crippen molar-refractivity contribution in [3.63, 3.8) is 0 Å². The molecule has 20 heavy (non-hydrogen) atoms. The minimum absolute atomic E-state index is 0.175. The molecule has 1 heterocycles. The molecule has 0 unspecified atom stereocenters. The van der Waals surface area contributed by atoms with Crippen LogP contribution < -0.4 is 0 Å². The zero-order valence-electron chi connectivity index (χ0n) is 9.93. The van der Waals surface area contributed by atoms with Gasteiger partial charge in [0.25, 0.3) is 0 Å². The van der Waals surface area contributed by atoms with Gasteiger partial charge < -0.3 is 5.21 Å². The van der Waals surface area contributed by atoms with Crippen LogP contribution in [-0.2, 0) is 13.2 Å². The topological polar surface area (TPSA) is 76.2 Å². The third-order valence-electron chi connectivity index (χ3n) is 2.49. The van der Waals surface area contributed by atoms with E-state index in [0.29, 0.717) is 6.07 Å². The maximum atomic E-state index is 13.9. The minimum atomic E-state index is -4.86. The average molecular weight is 289 g/mol. The number of hydrogen-bond acceptors (Lipinski definition) is 5. The Balaban J connectivity index is 2.61. The van der Waals surface area contributed by atoms with Crippen molar-refractivity contribution < 1.29 is 22.8 Å². The molecule has 2 aromatic rings. The summed E-state index contributed by atoms with van der Waals surface area (Å²) in [6, 6.07) is 2.62. The Bertz CT molecular complexity index is 664. The quantitative estimate of drug-likeness (QED) is 0.394. The molecular formula is C10H7F4N5O. The molecule has 2 rings (SSSR count). The molecule has 0 saturated carbocycles. The predicted octanol–water partition coefficient (Wildman–Crippen LogP) is 1.59. The Morgan fingerprint density at radius 2 is 2.05 bits per heavy atom. The summed E-state index contributed by atoms with van der Waals surface area (Å²) < 4.78 is 52.9. The zero-order chi connectivity index (χ0) is 14.9. The van der Waals surface area contributed by atoms with Gasteiger partial charge in [0.15, 0.2) is 5.71 Å². The molecule has 1 aromatic heterocycles. The molecular weight excluding hydrogens is 282 g/mol. The number of benzene rings is 1. The van der Waals surface area contributed by atoms with E-state index in [0.717, 1.165) is 16.8 Å². The Morgan fingerprint density at radius 1 is 1.35 bits per heavy atom. The smallest absolute Gasteiger partial charge is 0.410 e. The van der Waals surface area contributed by atoms with E-state index in [-0.39, 0.29) is 5.82 Å². The normalized spacial score (nSPS) is 12.8. The summed E-state index contributed by atoms with van der Waals surface area (Å²) in [7, 11) is 1.37. The number of rotatable bonds is 2. The highest BCUT2D eigenvalue weighted by atomic mass is 19.4. The summed E-state index contributed by atoms with van der Waals surface area (Å²) in [5, 5.41) is 21.9. The molecule has 0 amide bonds. The summed E-state index contributed by atoms with van der Waals surface area (Å²) >= 11 is 0. The second-order valence-corrected chi connectivity index (χ2v) is 3.74. The van der Waals surface area contributed by atoms with Crippen LogP contribution in [0.3, 0.4) is 0 Å². The SMILES string of the molecule is Cn1nnnc1C(=NO)c1cccc(C(F)(F)F)c1F. The van der Waals surface area contributed by atoms with Crippen LogP contribution in [0.25, 0.3) is 0 Å². The Morgan fingerprint density at radius 3 is 2.55 bits per heavy atom. The highest BCUT2D eigenvalue weighted by molar-refractivity contribution is 6.10. The van der Waals surface area contributed by atoms with Crippen molar-refractivity contribution in [1.29, 1.82) is 0 Å². The van der Waals surface area contributed by atoms with Crippen molar-refractivity contribution in [1.82, 2.24) is 20.2 Å². The third kappa shape index (κ3) is 2.31. The van der Waals surface area contributed by atoms with E-state index in [2.05, 4.69) is 20.7 Å². The number of aryl methyl sites for hydroxylation is 1. The molecule has 10 heteroatoms. The van der Waals surface area contributed by atoms with Gasteiger partial charge in [-0.1, -0.05) is 11.2 Å². The molecule has 0 aliphatic carbocycles. The monoisotopic (exact) mass is 289 g/mol. The van der Waals surface area contributed by atoms with Gasteiger partial charge in [-0.3, -0.25) is 0 Å². The van der Waals surface area contributed by atoms with Crippen molar-refractivity contribution in [3.8, 4) is 0 Å². The first-order valence-corrected chi connectivity index (χ1v) is 5.17. The van der Waals surface area contributed by atoms with Crippen molar-refractivity contribution >= 4 is 5.71 Å². The fraction of sp³-hybridized carbons (Fsp3) is 0.200. The lowest BCUT2D eigenvalue weighted by Crippen LogP contribution is -2.16. The van der Waals surface area contributed by atoms with E-state index in [9.17, 15) is 17.6 Å². The van der Waals surface area contributed by atoms with E-state index < -0.39 is 28.8 Å². The molecule has 6 nitrogen and oxygen atoms in total. The number of nitrogens with zero attached hydrogens (tertiary/aromatic N) is 5. The highest BCUT2D eigenvalue weighted by Crippen LogP contribution is 2.32. The van der Waals surface area contributed by atoms with Crippen molar-refractivity contribution in [2.45, 2.75) is 6.18 Å². The number of oxime groups is 1. The Kier molecular flexibility index (Phi) is 3.38. The van der Waals surface area contributed by atoms with Gasteiger partial charge in [-0.15, -0.1) is 5.10 Å². The Labute approximate surface area is 109 Å². The van der Waals surface area contributed by atoms with Crippen LogP contribution in [-0.4, -0.2) is 31.1 Å². The molecule has 0 bridgehead atoms. The molecule has 1 N–H and O–H groups in total. The van der Waals surface area contributed by atoms with Crippen molar-refractivity contribution in [2.24, 2.45) is 12.2 Å². The van der Waals surface area contributed by atoms with Crippen LogP contribution in [0.2, 0.25) is 0 Å². The van der Waals surface area contributed by atoms with Gasteiger partial charge in [0.2, 0.25) is 5.82 Å². The van der Waals surface area contributed by atoms with E-state index >= 15 is 0 Å². The van der Waals surface area contributed by atoms with Crippen LogP contribution >= 0.6 is 0 Å². The lowest BCUT2D eigenvalue weighted by Gasteiger charge is -2.11. The second-order valence-electron chi connectivity index (χ2n) is 3.74. The highest BCUT2D eigenvalue weighted by Gasteiger charge is 2.36. The number of halogens is 4. The number of tetrazole rings is 1. The van der Waals surface area contributed by atoms with E-state index in [1.54, 1.807) is 0 Å². The van der Waals surface area contributed by atoms with Crippen LogP contribution in [0.15, 0.2) is 23.4 Å². The average Bonchev–Trinajstić information content (AvgIpc) is 2.77. The number of hydrogen-bond donors (Lipinski definition) is 1. The maximum absolute atomic E-state index is 13.9. The Hall–Kier alpha value is -2.52. The summed E-state index contributed by atoms with van der Waals surface area (Å²) in [6.07, 6.45) is -4.86. The van der Waals surface area contributed by atoms with Gasteiger partial charge in [0.05, 0.1) is 5.56 Å². The summed E-state index contributed by atoms with van der Waals surface area (Å²) in [5.74, 6) is -1.73.